The topological polar surface area (TPSA) is 48.1 Å². The Morgan fingerprint density at radius 1 is 1.25 bits per heavy atom. The third kappa shape index (κ3) is 4.13. The zero-order valence-electron chi connectivity index (χ0n) is 13.0. The van der Waals surface area contributed by atoms with Crippen molar-refractivity contribution in [2.24, 2.45) is 0 Å². The van der Waals surface area contributed by atoms with Gasteiger partial charge in [0.2, 0.25) is 0 Å². The van der Waals surface area contributed by atoms with Crippen LogP contribution in [0.2, 0.25) is 5.02 Å². The summed E-state index contributed by atoms with van der Waals surface area (Å²) < 4.78 is 26.2. The molecule has 0 saturated carbocycles. The highest BCUT2D eigenvalue weighted by molar-refractivity contribution is 6.30. The second kappa shape index (κ2) is 7.32. The molecule has 128 valence electrons. The number of piperidine rings is 1. The van der Waals surface area contributed by atoms with Crippen molar-refractivity contribution < 1.29 is 13.6 Å². The van der Waals surface area contributed by atoms with Crippen molar-refractivity contribution in [3.05, 3.63) is 58.4 Å². The molecule has 0 radical (unpaired) electrons. The molecular formula is C17H18ClF2N3O. The smallest absolute Gasteiger partial charge is 0.267 e. The first-order chi connectivity index (χ1) is 11.5. The molecule has 0 unspecified atom stereocenters. The number of benzene rings is 1. The molecule has 3 rings (SSSR count). The summed E-state index contributed by atoms with van der Waals surface area (Å²) in [5.74, 6) is -1.81. The zero-order valence-corrected chi connectivity index (χ0v) is 13.7. The molecule has 0 bridgehead atoms. The van der Waals surface area contributed by atoms with Gasteiger partial charge in [-0.1, -0.05) is 17.7 Å². The van der Waals surface area contributed by atoms with Crippen LogP contribution in [0.25, 0.3) is 0 Å². The van der Waals surface area contributed by atoms with Crippen LogP contribution >= 0.6 is 11.6 Å². The zero-order chi connectivity index (χ0) is 17.1. The van der Waals surface area contributed by atoms with Gasteiger partial charge in [-0.2, -0.15) is 0 Å². The SMILES string of the molecule is O=C(NC1CCN(Cc2ccc(F)c(F)c2)CC1)c1cc(Cl)c[nH]1. The van der Waals surface area contributed by atoms with Crippen molar-refractivity contribution in [3.8, 4) is 0 Å². The second-order valence-electron chi connectivity index (χ2n) is 6.00. The number of H-pyrrole nitrogens is 1. The van der Waals surface area contributed by atoms with Crippen LogP contribution in [-0.2, 0) is 6.54 Å². The highest BCUT2D eigenvalue weighted by Crippen LogP contribution is 2.16. The van der Waals surface area contributed by atoms with E-state index in [-0.39, 0.29) is 11.9 Å². The van der Waals surface area contributed by atoms with E-state index in [9.17, 15) is 13.6 Å². The molecule has 1 fully saturated rings. The van der Waals surface area contributed by atoms with Gasteiger partial charge in [-0.05, 0) is 36.6 Å². The maximum absolute atomic E-state index is 13.2. The average molecular weight is 354 g/mol. The Bertz CT molecular complexity index is 726. The molecule has 7 heteroatoms. The number of aromatic amines is 1. The van der Waals surface area contributed by atoms with Gasteiger partial charge >= 0.3 is 0 Å². The fraction of sp³-hybridized carbons (Fsp3) is 0.353. The van der Waals surface area contributed by atoms with Gasteiger partial charge < -0.3 is 10.3 Å². The lowest BCUT2D eigenvalue weighted by atomic mass is 10.0. The van der Waals surface area contributed by atoms with Gasteiger partial charge in [0.25, 0.3) is 5.91 Å². The Hall–Kier alpha value is -1.92. The predicted molar refractivity (Wildman–Crippen MR) is 87.9 cm³/mol. The molecule has 2 N–H and O–H groups in total. The van der Waals surface area contributed by atoms with Crippen LogP contribution in [0.4, 0.5) is 8.78 Å². The molecule has 1 aliphatic heterocycles. The van der Waals surface area contributed by atoms with Gasteiger partial charge in [0.05, 0.1) is 5.02 Å². The van der Waals surface area contributed by atoms with Gasteiger partial charge in [0, 0.05) is 31.9 Å². The number of aromatic nitrogens is 1. The predicted octanol–water partition coefficient (Wildman–Crippen LogP) is 3.34. The lowest BCUT2D eigenvalue weighted by molar-refractivity contribution is 0.0904. The molecular weight excluding hydrogens is 336 g/mol. The Kier molecular flexibility index (Phi) is 5.16. The molecule has 2 heterocycles. The number of nitrogens with one attached hydrogen (secondary N) is 2. The molecule has 0 aliphatic carbocycles. The third-order valence-corrected chi connectivity index (χ3v) is 4.42. The van der Waals surface area contributed by atoms with Gasteiger partial charge in [0.1, 0.15) is 5.69 Å². The lowest BCUT2D eigenvalue weighted by Crippen LogP contribution is -2.44. The first-order valence-corrected chi connectivity index (χ1v) is 8.20. The van der Waals surface area contributed by atoms with Crippen LogP contribution in [0, 0.1) is 11.6 Å². The van der Waals surface area contributed by atoms with Gasteiger partial charge in [-0.25, -0.2) is 8.78 Å². The monoisotopic (exact) mass is 353 g/mol. The van der Waals surface area contributed by atoms with Crippen LogP contribution in [0.3, 0.4) is 0 Å². The molecule has 1 aliphatic rings. The van der Waals surface area contributed by atoms with E-state index in [2.05, 4.69) is 15.2 Å². The Balaban J connectivity index is 1.48. The molecule has 0 atom stereocenters. The first-order valence-electron chi connectivity index (χ1n) is 7.82. The maximum atomic E-state index is 13.2. The number of carbonyl (C=O) groups is 1. The largest absolute Gasteiger partial charge is 0.356 e. The van der Waals surface area contributed by atoms with Gasteiger partial charge in [0.15, 0.2) is 11.6 Å². The van der Waals surface area contributed by atoms with E-state index in [1.54, 1.807) is 18.3 Å². The normalized spacial score (nSPS) is 16.3. The van der Waals surface area contributed by atoms with Gasteiger partial charge in [-0.15, -0.1) is 0 Å². The fourth-order valence-corrected chi connectivity index (χ4v) is 3.06. The van der Waals surface area contributed by atoms with Crippen LogP contribution < -0.4 is 5.32 Å². The standard InChI is InChI=1S/C17H18ClF2N3O/c18-12-8-16(21-9-12)17(24)22-13-3-5-23(6-4-13)10-11-1-2-14(19)15(20)7-11/h1-2,7-9,13,21H,3-6,10H2,(H,22,24). The van der Waals surface area contributed by atoms with Crippen LogP contribution in [0.5, 0.6) is 0 Å². The quantitative estimate of drug-likeness (QED) is 0.885. The molecule has 24 heavy (non-hydrogen) atoms. The molecule has 1 saturated heterocycles. The maximum Gasteiger partial charge on any atom is 0.267 e. The number of rotatable bonds is 4. The summed E-state index contributed by atoms with van der Waals surface area (Å²) >= 11 is 5.80. The van der Waals surface area contributed by atoms with Crippen molar-refractivity contribution in [3.63, 3.8) is 0 Å². The number of likely N-dealkylation sites (tertiary alicyclic amines) is 1. The van der Waals surface area contributed by atoms with Crippen LogP contribution in [0.1, 0.15) is 28.9 Å². The number of carbonyl (C=O) groups excluding carboxylic acids is 1. The highest BCUT2D eigenvalue weighted by atomic mass is 35.5. The minimum absolute atomic E-state index is 0.0979. The van der Waals surface area contributed by atoms with E-state index in [0.29, 0.717) is 17.3 Å². The molecule has 4 nitrogen and oxygen atoms in total. The molecule has 1 aromatic carbocycles. The summed E-state index contributed by atoms with van der Waals surface area (Å²) in [6, 6.07) is 5.67. The third-order valence-electron chi connectivity index (χ3n) is 4.21. The van der Waals surface area contributed by atoms with Crippen molar-refractivity contribution >= 4 is 17.5 Å². The summed E-state index contributed by atoms with van der Waals surface area (Å²) in [7, 11) is 0. The molecule has 1 amide bonds. The number of amides is 1. The summed E-state index contributed by atoms with van der Waals surface area (Å²) in [5.41, 5.74) is 1.20. The Morgan fingerprint density at radius 3 is 2.62 bits per heavy atom. The minimum atomic E-state index is -0.829. The first kappa shape index (κ1) is 16.9. The Morgan fingerprint density at radius 2 is 2.00 bits per heavy atom. The van der Waals surface area contributed by atoms with E-state index in [4.69, 9.17) is 11.6 Å². The Labute approximate surface area is 143 Å². The average Bonchev–Trinajstić information content (AvgIpc) is 2.99. The van der Waals surface area contributed by atoms with Crippen molar-refractivity contribution in [1.29, 1.82) is 0 Å². The summed E-state index contributed by atoms with van der Waals surface area (Å²) in [6.45, 7) is 2.15. The van der Waals surface area contributed by atoms with Crippen LogP contribution in [-0.4, -0.2) is 34.9 Å². The number of hydrogen-bond donors (Lipinski definition) is 2. The molecule has 0 spiro atoms. The number of nitrogens with zero attached hydrogens (tertiary/aromatic N) is 1. The van der Waals surface area contributed by atoms with E-state index < -0.39 is 11.6 Å². The van der Waals surface area contributed by atoms with E-state index >= 15 is 0 Å². The van der Waals surface area contributed by atoms with Crippen molar-refractivity contribution in [1.82, 2.24) is 15.2 Å². The van der Waals surface area contributed by atoms with Crippen molar-refractivity contribution in [2.75, 3.05) is 13.1 Å². The summed E-state index contributed by atoms with van der Waals surface area (Å²) in [5, 5.41) is 3.49. The number of halogens is 3. The summed E-state index contributed by atoms with van der Waals surface area (Å²) in [6.07, 6.45) is 3.19. The van der Waals surface area contributed by atoms with E-state index in [0.717, 1.165) is 37.6 Å². The van der Waals surface area contributed by atoms with Gasteiger partial charge in [-0.3, -0.25) is 9.69 Å². The second-order valence-corrected chi connectivity index (χ2v) is 6.44. The fourth-order valence-electron chi connectivity index (χ4n) is 2.89. The molecule has 2 aromatic rings. The minimum Gasteiger partial charge on any atom is -0.356 e. The highest BCUT2D eigenvalue weighted by Gasteiger charge is 2.22. The van der Waals surface area contributed by atoms with E-state index in [1.165, 1.54) is 6.07 Å². The van der Waals surface area contributed by atoms with Crippen LogP contribution in [0.15, 0.2) is 30.5 Å². The molecule has 1 aromatic heterocycles. The summed E-state index contributed by atoms with van der Waals surface area (Å²) in [4.78, 5) is 17.1. The van der Waals surface area contributed by atoms with Crippen molar-refractivity contribution in [2.45, 2.75) is 25.4 Å². The number of hydrogen-bond acceptors (Lipinski definition) is 2. The lowest BCUT2D eigenvalue weighted by Gasteiger charge is -2.32. The van der Waals surface area contributed by atoms with E-state index in [1.807, 2.05) is 0 Å².